The Kier molecular flexibility index (Phi) is 4.07. The fourth-order valence-electron chi connectivity index (χ4n) is 1.31. The number of hydrogen-bond donors (Lipinski definition) is 0. The van der Waals surface area contributed by atoms with Gasteiger partial charge in [-0.05, 0) is 12.1 Å². The minimum absolute atomic E-state index is 0. The largest absolute Gasteiger partial charge is 0.266 e. The standard InChI is InChI=1S/C11H10N.Ir/c1-2-6-10(7-3-1)11-8-4-5-9-12-11;/h1-5,8-10H,6H2;/q-1;. The zero-order chi connectivity index (χ0) is 8.23. The van der Waals surface area contributed by atoms with E-state index in [0.29, 0.717) is 5.92 Å². The van der Waals surface area contributed by atoms with E-state index >= 15 is 0 Å². The van der Waals surface area contributed by atoms with Gasteiger partial charge < -0.3 is 0 Å². The Balaban J connectivity index is 0.000000845. The predicted molar refractivity (Wildman–Crippen MR) is 48.5 cm³/mol. The fourth-order valence-corrected chi connectivity index (χ4v) is 1.31. The van der Waals surface area contributed by atoms with Gasteiger partial charge in [0.25, 0.3) is 0 Å². The molecule has 1 unspecified atom stereocenters. The summed E-state index contributed by atoms with van der Waals surface area (Å²) in [6.07, 6.45) is 12.2. The van der Waals surface area contributed by atoms with Crippen molar-refractivity contribution in [3.63, 3.8) is 0 Å². The summed E-state index contributed by atoms with van der Waals surface area (Å²) >= 11 is 0. The molecule has 0 bridgehead atoms. The summed E-state index contributed by atoms with van der Waals surface area (Å²) in [6.45, 7) is 0. The summed E-state index contributed by atoms with van der Waals surface area (Å²) in [7, 11) is 0. The van der Waals surface area contributed by atoms with Gasteiger partial charge in [0.15, 0.2) is 0 Å². The molecular weight excluding hydrogens is 338 g/mol. The van der Waals surface area contributed by atoms with Gasteiger partial charge in [0.1, 0.15) is 0 Å². The van der Waals surface area contributed by atoms with E-state index in [1.54, 1.807) is 0 Å². The van der Waals surface area contributed by atoms with Gasteiger partial charge in [0.2, 0.25) is 0 Å². The number of allylic oxidation sites excluding steroid dienone is 4. The Morgan fingerprint density at radius 1 is 1.38 bits per heavy atom. The van der Waals surface area contributed by atoms with Gasteiger partial charge in [0.05, 0.1) is 0 Å². The minimum atomic E-state index is 0. The third-order valence-electron chi connectivity index (χ3n) is 1.95. The second kappa shape index (κ2) is 5.11. The van der Waals surface area contributed by atoms with Gasteiger partial charge in [-0.15, -0.1) is 0 Å². The van der Waals surface area contributed by atoms with E-state index < -0.39 is 0 Å². The zero-order valence-corrected chi connectivity index (χ0v) is 9.50. The van der Waals surface area contributed by atoms with Crippen LogP contribution in [0.2, 0.25) is 0 Å². The van der Waals surface area contributed by atoms with Crippen molar-refractivity contribution in [2.24, 2.45) is 0 Å². The van der Waals surface area contributed by atoms with Crippen molar-refractivity contribution in [3.05, 3.63) is 54.4 Å². The van der Waals surface area contributed by atoms with Crippen LogP contribution >= 0.6 is 0 Å². The average Bonchev–Trinajstić information content (AvgIpc) is 2.21. The Morgan fingerprint density at radius 3 is 2.92 bits per heavy atom. The second-order valence-electron chi connectivity index (χ2n) is 2.80. The molecule has 0 spiro atoms. The molecule has 1 aromatic heterocycles. The van der Waals surface area contributed by atoms with Gasteiger partial charge in [0, 0.05) is 32.0 Å². The monoisotopic (exact) mass is 349 g/mol. The fraction of sp³-hybridized carbons (Fsp3) is 0.182. The van der Waals surface area contributed by atoms with Crippen LogP contribution in [0, 0.1) is 6.08 Å². The smallest absolute Gasteiger partial charge is 0.0299 e. The van der Waals surface area contributed by atoms with E-state index in [0.717, 1.165) is 12.1 Å². The normalized spacial score (nSPS) is 19.5. The van der Waals surface area contributed by atoms with Crippen LogP contribution in [-0.4, -0.2) is 4.98 Å². The molecular formula is C11H10IrN-. The second-order valence-corrected chi connectivity index (χ2v) is 2.80. The number of rotatable bonds is 1. The van der Waals surface area contributed by atoms with Crippen molar-refractivity contribution in [2.75, 3.05) is 0 Å². The summed E-state index contributed by atoms with van der Waals surface area (Å²) < 4.78 is 0. The zero-order valence-electron chi connectivity index (χ0n) is 7.11. The van der Waals surface area contributed by atoms with Gasteiger partial charge in [-0.25, -0.2) is 12.2 Å². The molecule has 0 N–H and O–H groups in total. The summed E-state index contributed by atoms with van der Waals surface area (Å²) in [5.41, 5.74) is 1.11. The molecule has 1 nitrogen and oxygen atoms in total. The number of aromatic nitrogens is 1. The van der Waals surface area contributed by atoms with E-state index in [4.69, 9.17) is 0 Å². The van der Waals surface area contributed by atoms with Crippen molar-refractivity contribution >= 4 is 0 Å². The first-order valence-corrected chi connectivity index (χ1v) is 4.12. The number of hydrogen-bond acceptors (Lipinski definition) is 1. The molecule has 2 rings (SSSR count). The predicted octanol–water partition coefficient (Wildman–Crippen LogP) is 2.48. The molecule has 0 aromatic carbocycles. The Morgan fingerprint density at radius 2 is 2.31 bits per heavy atom. The molecule has 13 heavy (non-hydrogen) atoms. The maximum absolute atomic E-state index is 4.29. The summed E-state index contributed by atoms with van der Waals surface area (Å²) in [6, 6.07) is 6.00. The third kappa shape index (κ3) is 2.61. The summed E-state index contributed by atoms with van der Waals surface area (Å²) in [5.74, 6) is 0.358. The molecule has 0 saturated carbocycles. The summed E-state index contributed by atoms with van der Waals surface area (Å²) in [4.78, 5) is 4.29. The molecule has 1 atom stereocenters. The van der Waals surface area contributed by atoms with Gasteiger partial charge in [-0.1, -0.05) is 18.4 Å². The molecule has 2 heteroatoms. The van der Waals surface area contributed by atoms with Crippen LogP contribution in [0.4, 0.5) is 0 Å². The molecule has 0 fully saturated rings. The first kappa shape index (κ1) is 10.4. The molecule has 0 saturated heterocycles. The van der Waals surface area contributed by atoms with Crippen molar-refractivity contribution in [1.29, 1.82) is 0 Å². The maximum atomic E-state index is 4.29. The van der Waals surface area contributed by atoms with Gasteiger partial charge in [-0.3, -0.25) is 11.1 Å². The van der Waals surface area contributed by atoms with Crippen molar-refractivity contribution in [1.82, 2.24) is 4.98 Å². The quantitative estimate of drug-likeness (QED) is 0.711. The van der Waals surface area contributed by atoms with Crippen molar-refractivity contribution in [3.8, 4) is 0 Å². The number of nitrogens with zero attached hydrogens (tertiary/aromatic N) is 1. The van der Waals surface area contributed by atoms with E-state index in [1.165, 1.54) is 0 Å². The molecule has 0 aliphatic heterocycles. The molecule has 1 heterocycles. The molecule has 1 aliphatic rings. The van der Waals surface area contributed by atoms with E-state index in [9.17, 15) is 0 Å². The molecule has 1 radical (unpaired) electrons. The van der Waals surface area contributed by atoms with Crippen LogP contribution in [-0.2, 0) is 20.1 Å². The molecule has 1 aromatic rings. The van der Waals surface area contributed by atoms with Crippen LogP contribution in [0.15, 0.2) is 42.6 Å². The molecule has 0 amide bonds. The topological polar surface area (TPSA) is 12.9 Å². The Bertz CT molecular complexity index is 303. The maximum Gasteiger partial charge on any atom is 0.0299 e. The molecule has 1 aliphatic carbocycles. The van der Waals surface area contributed by atoms with Gasteiger partial charge in [-0.2, -0.15) is 6.08 Å². The third-order valence-corrected chi connectivity index (χ3v) is 1.95. The van der Waals surface area contributed by atoms with Crippen LogP contribution in [0.1, 0.15) is 18.0 Å². The Labute approximate surface area is 91.9 Å². The van der Waals surface area contributed by atoms with E-state index in [2.05, 4.69) is 17.1 Å². The molecule has 69 valence electrons. The first-order chi connectivity index (χ1) is 5.97. The van der Waals surface area contributed by atoms with Crippen LogP contribution < -0.4 is 0 Å². The average molecular weight is 348 g/mol. The van der Waals surface area contributed by atoms with Crippen molar-refractivity contribution in [2.45, 2.75) is 12.3 Å². The van der Waals surface area contributed by atoms with Gasteiger partial charge >= 0.3 is 0 Å². The first-order valence-electron chi connectivity index (χ1n) is 4.12. The van der Waals surface area contributed by atoms with E-state index in [-0.39, 0.29) is 20.1 Å². The van der Waals surface area contributed by atoms with E-state index in [1.807, 2.05) is 36.5 Å². The number of pyridine rings is 1. The SMILES string of the molecule is [C-]1=CC=CCC1c1ccccn1.[Ir]. The summed E-state index contributed by atoms with van der Waals surface area (Å²) in [5, 5.41) is 0. The van der Waals surface area contributed by atoms with Crippen LogP contribution in [0.5, 0.6) is 0 Å². The minimum Gasteiger partial charge on any atom is -0.266 e. The Hall–Kier alpha value is -0.721. The van der Waals surface area contributed by atoms with Crippen LogP contribution in [0.3, 0.4) is 0 Å². The van der Waals surface area contributed by atoms with Crippen molar-refractivity contribution < 1.29 is 20.1 Å². The van der Waals surface area contributed by atoms with Crippen LogP contribution in [0.25, 0.3) is 0 Å².